The van der Waals surface area contributed by atoms with Crippen molar-refractivity contribution in [1.29, 1.82) is 0 Å². The third-order valence-corrected chi connectivity index (χ3v) is 3.07. The minimum atomic E-state index is -0.222. The molecule has 0 amide bonds. The van der Waals surface area contributed by atoms with E-state index in [0.717, 1.165) is 23.4 Å². The third-order valence-electron chi connectivity index (χ3n) is 3.07. The maximum Gasteiger partial charge on any atom is 0.191 e. The van der Waals surface area contributed by atoms with Gasteiger partial charge in [-0.25, -0.2) is 0 Å². The van der Waals surface area contributed by atoms with Gasteiger partial charge in [0.2, 0.25) is 0 Å². The van der Waals surface area contributed by atoms with Crippen molar-refractivity contribution in [3.8, 4) is 5.75 Å². The Labute approximate surface area is 115 Å². The molecule has 106 valence electrons. The van der Waals surface area contributed by atoms with Crippen LogP contribution in [0.3, 0.4) is 0 Å². The average Bonchev–Trinajstić information content (AvgIpc) is 2.79. The molecule has 1 aliphatic rings. The molecule has 2 rings (SSSR count). The predicted molar refractivity (Wildman–Crippen MR) is 74.5 cm³/mol. The van der Waals surface area contributed by atoms with Gasteiger partial charge in [-0.05, 0) is 44.6 Å². The van der Waals surface area contributed by atoms with Crippen LogP contribution in [-0.4, -0.2) is 45.1 Å². The zero-order valence-corrected chi connectivity index (χ0v) is 12.2. The maximum absolute atomic E-state index is 5.85. The second kappa shape index (κ2) is 6.37. The first-order chi connectivity index (χ1) is 9.06. The van der Waals surface area contributed by atoms with Crippen LogP contribution >= 0.6 is 0 Å². The molecule has 0 radical (unpaired) electrons. The smallest absolute Gasteiger partial charge is 0.191 e. The molecule has 4 heteroatoms. The topological polar surface area (TPSA) is 30.9 Å². The van der Waals surface area contributed by atoms with Crippen molar-refractivity contribution in [3.63, 3.8) is 0 Å². The van der Waals surface area contributed by atoms with Crippen molar-refractivity contribution in [1.82, 2.24) is 4.90 Å². The largest absolute Gasteiger partial charge is 0.488 e. The van der Waals surface area contributed by atoms with Crippen molar-refractivity contribution in [2.45, 2.75) is 26.7 Å². The number of nitrogens with zero attached hydrogens (tertiary/aromatic N) is 1. The highest BCUT2D eigenvalue weighted by Gasteiger charge is 2.17. The first-order valence-corrected chi connectivity index (χ1v) is 6.67. The second-order valence-corrected chi connectivity index (χ2v) is 5.28. The molecule has 0 N–H and O–H groups in total. The van der Waals surface area contributed by atoms with Crippen LogP contribution in [0.25, 0.3) is 0 Å². The molecular formula is C15H23NO3. The van der Waals surface area contributed by atoms with Crippen LogP contribution in [0.4, 0.5) is 0 Å². The van der Waals surface area contributed by atoms with E-state index in [1.165, 1.54) is 5.56 Å². The molecule has 1 aliphatic heterocycles. The van der Waals surface area contributed by atoms with Gasteiger partial charge < -0.3 is 19.1 Å². The van der Waals surface area contributed by atoms with Gasteiger partial charge in [-0.2, -0.15) is 0 Å². The number of hydrogen-bond donors (Lipinski definition) is 0. The first kappa shape index (κ1) is 14.3. The Morgan fingerprint density at radius 3 is 2.26 bits per heavy atom. The highest BCUT2D eigenvalue weighted by Crippen LogP contribution is 2.25. The molecule has 1 aromatic carbocycles. The Bertz CT molecular complexity index is 402. The molecule has 0 aromatic heterocycles. The molecule has 0 atom stereocenters. The SMILES string of the molecule is Cc1cc(CN(C)C)cc(C)c1OCC1OCCO1. The molecule has 0 aliphatic carbocycles. The summed E-state index contributed by atoms with van der Waals surface area (Å²) in [7, 11) is 4.15. The van der Waals surface area contributed by atoms with Crippen molar-refractivity contribution in [2.24, 2.45) is 0 Å². The highest BCUT2D eigenvalue weighted by molar-refractivity contribution is 5.43. The number of hydrogen-bond acceptors (Lipinski definition) is 4. The van der Waals surface area contributed by atoms with E-state index in [-0.39, 0.29) is 6.29 Å². The van der Waals surface area contributed by atoms with Gasteiger partial charge in [-0.1, -0.05) is 12.1 Å². The Morgan fingerprint density at radius 1 is 1.16 bits per heavy atom. The van der Waals surface area contributed by atoms with Crippen LogP contribution in [0, 0.1) is 13.8 Å². The van der Waals surface area contributed by atoms with Gasteiger partial charge in [0.15, 0.2) is 6.29 Å². The molecule has 0 spiro atoms. The molecule has 1 heterocycles. The number of benzene rings is 1. The van der Waals surface area contributed by atoms with Gasteiger partial charge in [0.25, 0.3) is 0 Å². The number of ether oxygens (including phenoxy) is 3. The van der Waals surface area contributed by atoms with Gasteiger partial charge in [0, 0.05) is 6.54 Å². The lowest BCUT2D eigenvalue weighted by Crippen LogP contribution is -2.19. The van der Waals surface area contributed by atoms with Gasteiger partial charge in [0.1, 0.15) is 12.4 Å². The van der Waals surface area contributed by atoms with Gasteiger partial charge >= 0.3 is 0 Å². The van der Waals surface area contributed by atoms with Crippen LogP contribution in [0.15, 0.2) is 12.1 Å². The fourth-order valence-electron chi connectivity index (χ4n) is 2.38. The van der Waals surface area contributed by atoms with Crippen LogP contribution in [0.1, 0.15) is 16.7 Å². The minimum absolute atomic E-state index is 0.222. The Hall–Kier alpha value is -1.10. The summed E-state index contributed by atoms with van der Waals surface area (Å²) in [6.07, 6.45) is -0.222. The molecule has 1 saturated heterocycles. The van der Waals surface area contributed by atoms with Crippen molar-refractivity contribution < 1.29 is 14.2 Å². The van der Waals surface area contributed by atoms with Crippen molar-refractivity contribution >= 4 is 0 Å². The van der Waals surface area contributed by atoms with Crippen molar-refractivity contribution in [3.05, 3.63) is 28.8 Å². The van der Waals surface area contributed by atoms with Crippen molar-refractivity contribution in [2.75, 3.05) is 33.9 Å². The highest BCUT2D eigenvalue weighted by atomic mass is 16.7. The lowest BCUT2D eigenvalue weighted by atomic mass is 10.1. The predicted octanol–water partition coefficient (Wildman–Crippen LogP) is 2.12. The summed E-state index contributed by atoms with van der Waals surface area (Å²) in [6.45, 7) is 6.88. The quantitative estimate of drug-likeness (QED) is 0.816. The molecule has 1 aromatic rings. The number of aryl methyl sites for hydroxylation is 2. The second-order valence-electron chi connectivity index (χ2n) is 5.28. The Kier molecular flexibility index (Phi) is 4.80. The van der Waals surface area contributed by atoms with Gasteiger partial charge in [-0.3, -0.25) is 0 Å². The fraction of sp³-hybridized carbons (Fsp3) is 0.600. The van der Waals surface area contributed by atoms with Gasteiger partial charge in [0.05, 0.1) is 13.2 Å². The Balaban J connectivity index is 2.03. The monoisotopic (exact) mass is 265 g/mol. The fourth-order valence-corrected chi connectivity index (χ4v) is 2.38. The van der Waals surface area contributed by atoms with E-state index < -0.39 is 0 Å². The lowest BCUT2D eigenvalue weighted by Gasteiger charge is -2.17. The van der Waals surface area contributed by atoms with Crippen LogP contribution in [-0.2, 0) is 16.0 Å². The summed E-state index contributed by atoms with van der Waals surface area (Å²) in [6, 6.07) is 4.36. The summed E-state index contributed by atoms with van der Waals surface area (Å²) in [5, 5.41) is 0. The summed E-state index contributed by atoms with van der Waals surface area (Å²) in [5.41, 5.74) is 3.63. The summed E-state index contributed by atoms with van der Waals surface area (Å²) >= 11 is 0. The Morgan fingerprint density at radius 2 is 1.74 bits per heavy atom. The lowest BCUT2D eigenvalue weighted by molar-refractivity contribution is -0.0686. The van der Waals surface area contributed by atoms with E-state index in [2.05, 4.69) is 45.0 Å². The third kappa shape index (κ3) is 3.93. The minimum Gasteiger partial charge on any atom is -0.488 e. The molecule has 19 heavy (non-hydrogen) atoms. The van der Waals surface area contributed by atoms with Crippen LogP contribution in [0.5, 0.6) is 5.75 Å². The van der Waals surface area contributed by atoms with E-state index in [1.807, 2.05) is 0 Å². The summed E-state index contributed by atoms with van der Waals surface area (Å²) in [5.74, 6) is 0.946. The summed E-state index contributed by atoms with van der Waals surface area (Å²) in [4.78, 5) is 2.16. The van der Waals surface area contributed by atoms with E-state index >= 15 is 0 Å². The van der Waals surface area contributed by atoms with Crippen LogP contribution < -0.4 is 4.74 Å². The average molecular weight is 265 g/mol. The van der Waals surface area contributed by atoms with E-state index in [0.29, 0.717) is 19.8 Å². The molecular weight excluding hydrogens is 242 g/mol. The maximum atomic E-state index is 5.85. The molecule has 0 unspecified atom stereocenters. The molecule has 0 saturated carbocycles. The van der Waals surface area contributed by atoms with Crippen LogP contribution in [0.2, 0.25) is 0 Å². The molecule has 4 nitrogen and oxygen atoms in total. The molecule has 0 bridgehead atoms. The summed E-state index contributed by atoms with van der Waals surface area (Å²) < 4.78 is 16.6. The van der Waals surface area contributed by atoms with E-state index in [4.69, 9.17) is 14.2 Å². The van der Waals surface area contributed by atoms with Gasteiger partial charge in [-0.15, -0.1) is 0 Å². The van der Waals surface area contributed by atoms with E-state index in [1.54, 1.807) is 0 Å². The zero-order valence-electron chi connectivity index (χ0n) is 12.2. The molecule has 1 fully saturated rings. The zero-order chi connectivity index (χ0) is 13.8. The first-order valence-electron chi connectivity index (χ1n) is 6.67. The number of rotatable bonds is 5. The standard InChI is InChI=1S/C15H23NO3/c1-11-7-13(9-16(3)4)8-12(2)15(11)19-10-14-17-5-6-18-14/h7-8,14H,5-6,9-10H2,1-4H3. The van der Waals surface area contributed by atoms with E-state index in [9.17, 15) is 0 Å². The normalized spacial score (nSPS) is 16.3.